The van der Waals surface area contributed by atoms with E-state index < -0.39 is 23.1 Å². The van der Waals surface area contributed by atoms with E-state index in [1.165, 1.54) is 0 Å². The molecule has 1 aromatic rings. The Hall–Kier alpha value is -2.25. The van der Waals surface area contributed by atoms with E-state index in [9.17, 15) is 18.0 Å². The van der Waals surface area contributed by atoms with Crippen LogP contribution in [-0.4, -0.2) is 42.0 Å². The number of nitrogens with zero attached hydrogens (tertiary/aromatic N) is 1. The predicted molar refractivity (Wildman–Crippen MR) is 94.4 cm³/mol. The third-order valence-electron chi connectivity index (χ3n) is 4.20. The zero-order chi connectivity index (χ0) is 20.5. The van der Waals surface area contributed by atoms with Gasteiger partial charge < -0.3 is 15.3 Å². The van der Waals surface area contributed by atoms with E-state index in [0.717, 1.165) is 0 Å². The molecule has 0 aliphatic carbocycles. The number of rotatable bonds is 3. The summed E-state index contributed by atoms with van der Waals surface area (Å²) in [4.78, 5) is 22.1. The van der Waals surface area contributed by atoms with Gasteiger partial charge in [0.2, 0.25) is 5.91 Å². The van der Waals surface area contributed by atoms with Gasteiger partial charge in [0.05, 0.1) is 6.54 Å². The largest absolute Gasteiger partial charge is 0.483 e. The molecule has 5 nitrogen and oxygen atoms in total. The lowest BCUT2D eigenvalue weighted by molar-refractivity contribution is -0.128. The quantitative estimate of drug-likeness (QED) is 0.789. The second-order valence-corrected chi connectivity index (χ2v) is 6.37. The van der Waals surface area contributed by atoms with Crippen molar-refractivity contribution in [1.82, 2.24) is 4.90 Å². The minimum Gasteiger partial charge on any atom is -0.483 e. The monoisotopic (exact) mass is 376 g/mol. The molecule has 148 valence electrons. The minimum atomic E-state index is -1.05. The third-order valence-corrected chi connectivity index (χ3v) is 4.20. The summed E-state index contributed by atoms with van der Waals surface area (Å²) in [5.41, 5.74) is -0.446. The number of anilines is 1. The number of benzene rings is 1. The van der Waals surface area contributed by atoms with E-state index in [4.69, 9.17) is 9.90 Å². The summed E-state index contributed by atoms with van der Waals surface area (Å²) in [5, 5.41) is 9.31. The van der Waals surface area contributed by atoms with Gasteiger partial charge in [0.1, 0.15) is 11.5 Å². The molecular weight excluding hydrogens is 349 g/mol. The molecule has 26 heavy (non-hydrogen) atoms. The van der Waals surface area contributed by atoms with E-state index in [1.54, 1.807) is 4.90 Å². The summed E-state index contributed by atoms with van der Waals surface area (Å²) in [6.07, 6.45) is 0. The minimum absolute atomic E-state index is 0.0298. The molecular formula is C18H27F3N2O3. The molecule has 1 aliphatic heterocycles. The molecule has 1 amide bonds. The van der Waals surface area contributed by atoms with Gasteiger partial charge in [-0.15, -0.1) is 0 Å². The van der Waals surface area contributed by atoms with Crippen LogP contribution >= 0.6 is 0 Å². The van der Waals surface area contributed by atoms with Gasteiger partial charge in [0.15, 0.2) is 11.6 Å². The molecule has 1 saturated heterocycles. The number of likely N-dealkylation sites (tertiary alicyclic amines) is 1. The zero-order valence-corrected chi connectivity index (χ0v) is 15.8. The summed E-state index contributed by atoms with van der Waals surface area (Å²) in [5.74, 6) is -2.95. The Labute approximate surface area is 152 Å². The maximum absolute atomic E-state index is 13.5. The van der Waals surface area contributed by atoms with Crippen LogP contribution in [0.1, 0.15) is 34.6 Å². The van der Waals surface area contributed by atoms with Crippen LogP contribution in [0.25, 0.3) is 0 Å². The highest BCUT2D eigenvalue weighted by molar-refractivity contribution is 5.81. The van der Waals surface area contributed by atoms with Crippen molar-refractivity contribution < 1.29 is 27.9 Å². The van der Waals surface area contributed by atoms with E-state index in [1.807, 2.05) is 13.8 Å². The summed E-state index contributed by atoms with van der Waals surface area (Å²) in [7, 11) is 0. The Bertz CT molecular complexity index is 586. The van der Waals surface area contributed by atoms with Crippen LogP contribution in [0.15, 0.2) is 12.1 Å². The second kappa shape index (κ2) is 10.7. The molecule has 0 radical (unpaired) electrons. The normalized spacial score (nSPS) is 17.4. The maximum Gasteiger partial charge on any atom is 0.290 e. The lowest BCUT2D eigenvalue weighted by Crippen LogP contribution is -2.35. The lowest BCUT2D eigenvalue weighted by Gasteiger charge is -2.22. The molecule has 1 fully saturated rings. The van der Waals surface area contributed by atoms with Gasteiger partial charge in [-0.05, 0) is 11.3 Å². The van der Waals surface area contributed by atoms with Crippen LogP contribution in [0.4, 0.5) is 18.9 Å². The van der Waals surface area contributed by atoms with Crippen molar-refractivity contribution >= 4 is 18.1 Å². The number of carboxylic acid groups (broad SMARTS) is 1. The number of hydrogen-bond acceptors (Lipinski definition) is 3. The number of hydrogen-bond donors (Lipinski definition) is 2. The molecule has 0 bridgehead atoms. The summed E-state index contributed by atoms with van der Waals surface area (Å²) >= 11 is 0. The first-order valence-corrected chi connectivity index (χ1v) is 8.36. The fraction of sp³-hybridized carbons (Fsp3) is 0.556. The molecule has 1 aliphatic rings. The average molecular weight is 376 g/mol. The van der Waals surface area contributed by atoms with E-state index in [2.05, 4.69) is 26.1 Å². The maximum atomic E-state index is 13.5. The number of halogens is 3. The molecule has 1 unspecified atom stereocenters. The fourth-order valence-corrected chi connectivity index (χ4v) is 2.47. The first kappa shape index (κ1) is 23.8. The Kier molecular flexibility index (Phi) is 9.75. The molecule has 0 spiro atoms. The molecule has 0 aromatic heterocycles. The number of carbonyl (C=O) groups is 2. The van der Waals surface area contributed by atoms with Crippen molar-refractivity contribution in [1.29, 1.82) is 0 Å². The van der Waals surface area contributed by atoms with E-state index in [-0.39, 0.29) is 24.3 Å². The number of amides is 1. The Morgan fingerprint density at radius 1 is 1.31 bits per heavy atom. The standard InChI is InChI=1S/C15H19F3N2O.C2H6.CH2O2/c1-9-7-20(8-15(9,2)3)13(21)6-19-14-11(17)4-10(16)5-12(14)18;1-2;2-1-3/h4-5,9,19H,6-8H2,1-3H3;1-2H3;1H,(H,2,3). The van der Waals surface area contributed by atoms with Crippen molar-refractivity contribution in [2.75, 3.05) is 25.0 Å². The van der Waals surface area contributed by atoms with Gasteiger partial charge in [0.25, 0.3) is 6.47 Å². The van der Waals surface area contributed by atoms with Gasteiger partial charge in [-0.2, -0.15) is 0 Å². The predicted octanol–water partition coefficient (Wildman–Crippen LogP) is 3.75. The first-order chi connectivity index (χ1) is 12.1. The molecule has 2 N–H and O–H groups in total. The molecule has 8 heteroatoms. The van der Waals surface area contributed by atoms with Crippen molar-refractivity contribution in [3.63, 3.8) is 0 Å². The Balaban J connectivity index is 0.00000113. The van der Waals surface area contributed by atoms with Crippen LogP contribution in [0, 0.1) is 28.8 Å². The Morgan fingerprint density at radius 3 is 2.15 bits per heavy atom. The highest BCUT2D eigenvalue weighted by Gasteiger charge is 2.38. The summed E-state index contributed by atoms with van der Waals surface area (Å²) < 4.78 is 39.7. The van der Waals surface area contributed by atoms with Crippen molar-refractivity contribution in [3.05, 3.63) is 29.6 Å². The van der Waals surface area contributed by atoms with Gasteiger partial charge in [-0.3, -0.25) is 9.59 Å². The summed E-state index contributed by atoms with van der Waals surface area (Å²) in [6.45, 7) is 11.0. The fourth-order valence-electron chi connectivity index (χ4n) is 2.47. The van der Waals surface area contributed by atoms with Gasteiger partial charge in [-0.1, -0.05) is 34.6 Å². The van der Waals surface area contributed by atoms with Gasteiger partial charge in [0, 0.05) is 25.2 Å². The molecule has 2 rings (SSSR count). The highest BCUT2D eigenvalue weighted by Crippen LogP contribution is 2.34. The van der Waals surface area contributed by atoms with Crippen LogP contribution in [0.2, 0.25) is 0 Å². The van der Waals surface area contributed by atoms with Crippen molar-refractivity contribution in [3.8, 4) is 0 Å². The average Bonchev–Trinajstić information content (AvgIpc) is 2.82. The van der Waals surface area contributed by atoms with Gasteiger partial charge >= 0.3 is 0 Å². The molecule has 1 aromatic carbocycles. The Morgan fingerprint density at radius 2 is 1.77 bits per heavy atom. The second-order valence-electron chi connectivity index (χ2n) is 6.37. The van der Waals surface area contributed by atoms with Crippen LogP contribution < -0.4 is 5.32 Å². The van der Waals surface area contributed by atoms with Crippen molar-refractivity contribution in [2.45, 2.75) is 34.6 Å². The van der Waals surface area contributed by atoms with E-state index >= 15 is 0 Å². The SMILES string of the molecule is CC.CC1CN(C(=O)CNc2c(F)cc(F)cc2F)CC1(C)C.O=CO. The third kappa shape index (κ3) is 6.57. The number of nitrogens with one attached hydrogen (secondary N) is 1. The lowest BCUT2D eigenvalue weighted by atomic mass is 9.84. The topological polar surface area (TPSA) is 69.6 Å². The van der Waals surface area contributed by atoms with Crippen molar-refractivity contribution in [2.24, 2.45) is 11.3 Å². The number of carbonyl (C=O) groups excluding carboxylic acids is 1. The highest BCUT2D eigenvalue weighted by atomic mass is 19.1. The molecule has 0 saturated carbocycles. The van der Waals surface area contributed by atoms with Crippen LogP contribution in [-0.2, 0) is 9.59 Å². The molecule has 1 atom stereocenters. The molecule has 1 heterocycles. The first-order valence-electron chi connectivity index (χ1n) is 8.36. The zero-order valence-electron chi connectivity index (χ0n) is 15.8. The smallest absolute Gasteiger partial charge is 0.290 e. The van der Waals surface area contributed by atoms with Crippen LogP contribution in [0.5, 0.6) is 0 Å². The van der Waals surface area contributed by atoms with E-state index in [0.29, 0.717) is 31.1 Å². The van der Waals surface area contributed by atoms with Gasteiger partial charge in [-0.25, -0.2) is 13.2 Å². The summed E-state index contributed by atoms with van der Waals surface area (Å²) in [6, 6.07) is 1.16. The van der Waals surface area contributed by atoms with Crippen LogP contribution in [0.3, 0.4) is 0 Å².